The zero-order valence-electron chi connectivity index (χ0n) is 41.5. The molecule has 0 atom stereocenters. The Labute approximate surface area is 452 Å². The Hall–Kier alpha value is -9.93. The van der Waals surface area contributed by atoms with Gasteiger partial charge in [-0.2, -0.15) is 15.0 Å². The minimum Gasteiger partial charge on any atom is -0.307 e. The third-order valence-corrected chi connectivity index (χ3v) is 18.5. The Morgan fingerprint density at radius 3 is 1.10 bits per heavy atom. The first-order chi connectivity index (χ1) is 38.7. The van der Waals surface area contributed by atoms with Crippen molar-refractivity contribution in [1.82, 2.24) is 33.2 Å². The molecule has 0 fully saturated rings. The van der Waals surface area contributed by atoms with Gasteiger partial charge < -0.3 is 9.13 Å². The molecule has 0 spiro atoms. The molecule has 78 heavy (non-hydrogen) atoms. The van der Waals surface area contributed by atoms with Gasteiger partial charge in [-0.05, 0) is 97.1 Å². The number of fused-ring (bicyclic) bond motifs is 19. The van der Waals surface area contributed by atoms with Crippen LogP contribution in [0.3, 0.4) is 0 Å². The van der Waals surface area contributed by atoms with E-state index in [1.807, 2.05) is 22.7 Å². The molecule has 18 aromatic rings. The van der Waals surface area contributed by atoms with Gasteiger partial charge in [0.1, 0.15) is 0 Å². The summed E-state index contributed by atoms with van der Waals surface area (Å²) in [5.74, 6) is 1.69. The lowest BCUT2D eigenvalue weighted by atomic mass is 10.1. The summed E-state index contributed by atoms with van der Waals surface area (Å²) in [5, 5.41) is 14.5. The van der Waals surface area contributed by atoms with E-state index in [2.05, 4.69) is 255 Å². The average Bonchev–Trinajstić information content (AvgIpc) is 4.41. The third kappa shape index (κ3) is 5.83. The predicted molar refractivity (Wildman–Crippen MR) is 328 cm³/mol. The Morgan fingerprint density at radius 2 is 0.628 bits per heavy atom. The largest absolute Gasteiger partial charge is 0.307 e. The smallest absolute Gasteiger partial charge is 0.240 e. The summed E-state index contributed by atoms with van der Waals surface area (Å²) in [7, 11) is 0. The van der Waals surface area contributed by atoms with Gasteiger partial charge in [-0.1, -0.05) is 140 Å². The van der Waals surface area contributed by atoms with Crippen LogP contribution >= 0.6 is 22.7 Å². The van der Waals surface area contributed by atoms with Crippen LogP contribution in [-0.2, 0) is 0 Å². The van der Waals surface area contributed by atoms with E-state index in [1.54, 1.807) is 0 Å². The lowest BCUT2D eigenvalue weighted by Gasteiger charge is -2.14. The van der Waals surface area contributed by atoms with Crippen LogP contribution in [0.15, 0.2) is 237 Å². The van der Waals surface area contributed by atoms with E-state index in [-0.39, 0.29) is 0 Å². The van der Waals surface area contributed by atoms with Crippen LogP contribution in [0.5, 0.6) is 0 Å². The zero-order valence-corrected chi connectivity index (χ0v) is 43.1. The molecule has 0 bridgehead atoms. The first-order valence-electron chi connectivity index (χ1n) is 26.3. The number of rotatable bonds is 5. The lowest BCUT2D eigenvalue weighted by Crippen LogP contribution is -2.10. The molecule has 7 nitrogen and oxygen atoms in total. The minimum atomic E-state index is 0.554. The van der Waals surface area contributed by atoms with Crippen LogP contribution in [0.4, 0.5) is 0 Å². The van der Waals surface area contributed by atoms with E-state index in [4.69, 9.17) is 15.0 Å². The van der Waals surface area contributed by atoms with E-state index in [1.165, 1.54) is 72.9 Å². The van der Waals surface area contributed by atoms with E-state index < -0.39 is 0 Å². The maximum Gasteiger partial charge on any atom is 0.240 e. The van der Waals surface area contributed by atoms with Crippen molar-refractivity contribution >= 4 is 150 Å². The van der Waals surface area contributed by atoms with E-state index in [9.17, 15) is 0 Å². The number of benzene rings is 11. The van der Waals surface area contributed by atoms with Crippen molar-refractivity contribution in [2.45, 2.75) is 0 Å². The van der Waals surface area contributed by atoms with Gasteiger partial charge in [-0.3, -0.25) is 9.13 Å². The summed E-state index contributed by atoms with van der Waals surface area (Å²) in [5.41, 5.74) is 11.9. The standard InChI is InChI=1S/C69H39N7S2/c1-2-16-41(17-3-1)73-55-24-10-4-18-43(55)49-34-35-50-44-19-5-11-25-56(44)74(66(50)65(49)73)42-32-30-40(31-33-42)67-70-68(75-57-26-12-6-20-45(57)51-36-53-47-22-8-14-28-61(47)77-63(53)38-59(51)75)72-69(71-67)76-58-27-13-7-21-46(58)52-37-54-48-23-9-15-29-62(48)78-64(54)39-60(52)76/h1-39H. The van der Waals surface area contributed by atoms with Crippen LogP contribution in [0.25, 0.3) is 162 Å². The second-order valence-corrected chi connectivity index (χ2v) is 22.5. The normalized spacial score (nSPS) is 12.4. The van der Waals surface area contributed by atoms with Gasteiger partial charge in [0.25, 0.3) is 0 Å². The molecule has 7 aromatic heterocycles. The molecule has 18 rings (SSSR count). The molecule has 362 valence electrons. The quantitative estimate of drug-likeness (QED) is 0.173. The highest BCUT2D eigenvalue weighted by Gasteiger charge is 2.25. The fourth-order valence-electron chi connectivity index (χ4n) is 12.9. The van der Waals surface area contributed by atoms with Crippen molar-refractivity contribution in [3.8, 4) is 34.7 Å². The molecule has 0 aliphatic rings. The average molecular weight is 1030 g/mol. The van der Waals surface area contributed by atoms with Crippen LogP contribution in [-0.4, -0.2) is 33.2 Å². The Morgan fingerprint density at radius 1 is 0.244 bits per heavy atom. The van der Waals surface area contributed by atoms with Gasteiger partial charge in [0.2, 0.25) is 11.9 Å². The minimum absolute atomic E-state index is 0.554. The van der Waals surface area contributed by atoms with Crippen molar-refractivity contribution in [3.63, 3.8) is 0 Å². The maximum absolute atomic E-state index is 5.60. The summed E-state index contributed by atoms with van der Waals surface area (Å²) < 4.78 is 14.4. The number of hydrogen-bond donors (Lipinski definition) is 0. The second kappa shape index (κ2) is 15.8. The fraction of sp³-hybridized carbons (Fsp3) is 0. The van der Waals surface area contributed by atoms with Gasteiger partial charge >= 0.3 is 0 Å². The summed E-state index contributed by atoms with van der Waals surface area (Å²) >= 11 is 3.65. The van der Waals surface area contributed by atoms with Crippen molar-refractivity contribution in [3.05, 3.63) is 237 Å². The molecule has 0 unspecified atom stereocenters. The molecule has 0 saturated carbocycles. The number of nitrogens with zero attached hydrogens (tertiary/aromatic N) is 7. The Bertz CT molecular complexity index is 5370. The highest BCUT2D eigenvalue weighted by molar-refractivity contribution is 7.26. The first-order valence-corrected chi connectivity index (χ1v) is 27.9. The number of thiophene rings is 2. The molecule has 0 N–H and O–H groups in total. The first kappa shape index (κ1) is 42.3. The van der Waals surface area contributed by atoms with Gasteiger partial charge in [-0.15, -0.1) is 22.7 Å². The SMILES string of the molecule is c1ccc(-n2c3ccccc3c3ccc4c5ccccc5n(-c5ccc(-c6nc(-n7c8ccccc8c8cc9c(cc87)sc7ccccc79)nc(-n7c8ccccc8c8cc9c(cc87)sc7ccccc79)n6)cc5)c4c32)cc1. The fourth-order valence-corrected chi connectivity index (χ4v) is 15.1. The molecule has 0 aliphatic heterocycles. The van der Waals surface area contributed by atoms with Crippen LogP contribution in [0.1, 0.15) is 0 Å². The third-order valence-electron chi connectivity index (χ3n) is 16.2. The Kier molecular flexibility index (Phi) is 8.58. The number of aromatic nitrogens is 7. The van der Waals surface area contributed by atoms with Crippen LogP contribution < -0.4 is 0 Å². The number of para-hydroxylation sites is 5. The van der Waals surface area contributed by atoms with Crippen LogP contribution in [0, 0.1) is 0 Å². The highest BCUT2D eigenvalue weighted by atomic mass is 32.1. The molecule has 0 radical (unpaired) electrons. The molecule has 0 aliphatic carbocycles. The van der Waals surface area contributed by atoms with Gasteiger partial charge in [0.15, 0.2) is 5.82 Å². The monoisotopic (exact) mass is 1030 g/mol. The molecule has 0 amide bonds. The van der Waals surface area contributed by atoms with Gasteiger partial charge in [-0.25, -0.2) is 0 Å². The molecule has 11 aromatic carbocycles. The van der Waals surface area contributed by atoms with E-state index in [0.717, 1.165) is 71.6 Å². The van der Waals surface area contributed by atoms with E-state index in [0.29, 0.717) is 17.7 Å². The zero-order chi connectivity index (χ0) is 50.7. The molecular formula is C69H39N7S2. The molecule has 7 heterocycles. The van der Waals surface area contributed by atoms with Gasteiger partial charge in [0.05, 0.1) is 44.1 Å². The van der Waals surface area contributed by atoms with Crippen molar-refractivity contribution in [2.75, 3.05) is 0 Å². The predicted octanol–water partition coefficient (Wildman–Crippen LogP) is 18.7. The summed E-state index contributed by atoms with van der Waals surface area (Å²) in [6.07, 6.45) is 0. The lowest BCUT2D eigenvalue weighted by molar-refractivity contribution is 0.893. The van der Waals surface area contributed by atoms with Crippen LogP contribution in [0.2, 0.25) is 0 Å². The number of hydrogen-bond acceptors (Lipinski definition) is 5. The summed E-state index contributed by atoms with van der Waals surface area (Å²) in [6, 6.07) is 85.9. The second-order valence-electron chi connectivity index (χ2n) is 20.3. The molecule has 9 heteroatoms. The highest BCUT2D eigenvalue weighted by Crippen LogP contribution is 2.45. The molecular weight excluding hydrogens is 991 g/mol. The van der Waals surface area contributed by atoms with Gasteiger partial charge in [0, 0.05) is 100 Å². The van der Waals surface area contributed by atoms with Crippen molar-refractivity contribution in [1.29, 1.82) is 0 Å². The Balaban J connectivity index is 0.902. The molecule has 0 saturated heterocycles. The van der Waals surface area contributed by atoms with Crippen molar-refractivity contribution in [2.24, 2.45) is 0 Å². The topological polar surface area (TPSA) is 58.4 Å². The van der Waals surface area contributed by atoms with E-state index >= 15 is 0 Å². The summed E-state index contributed by atoms with van der Waals surface area (Å²) in [4.78, 5) is 16.7. The van der Waals surface area contributed by atoms with Crippen molar-refractivity contribution < 1.29 is 0 Å². The summed E-state index contributed by atoms with van der Waals surface area (Å²) in [6.45, 7) is 0. The maximum atomic E-state index is 5.60.